The second-order valence-corrected chi connectivity index (χ2v) is 5.65. The number of unbranched alkanes of at least 4 members (excludes halogenated alkanes) is 6. The van der Waals surface area contributed by atoms with Gasteiger partial charge in [-0.2, -0.15) is 0 Å². The van der Waals surface area contributed by atoms with Crippen LogP contribution in [0.25, 0.3) is 0 Å². The number of benzene rings is 1. The van der Waals surface area contributed by atoms with Crippen LogP contribution in [0.15, 0.2) is 24.3 Å². The van der Waals surface area contributed by atoms with Crippen molar-refractivity contribution in [2.75, 3.05) is 11.9 Å². The second kappa shape index (κ2) is 11.1. The number of nitrogens with one attached hydrogen (secondary N) is 1. The number of ether oxygens (including phenoxy) is 1. The van der Waals surface area contributed by atoms with Gasteiger partial charge in [-0.15, -0.1) is 0 Å². The summed E-state index contributed by atoms with van der Waals surface area (Å²) in [6, 6.07) is 6.54. The van der Waals surface area contributed by atoms with Crippen LogP contribution in [0.2, 0.25) is 5.02 Å². The van der Waals surface area contributed by atoms with Crippen molar-refractivity contribution >= 4 is 29.2 Å². The molecule has 4 nitrogen and oxygen atoms in total. The molecule has 0 saturated heterocycles. The van der Waals surface area contributed by atoms with Gasteiger partial charge in [0, 0.05) is 10.7 Å². The zero-order valence-electron chi connectivity index (χ0n) is 13.1. The van der Waals surface area contributed by atoms with E-state index >= 15 is 0 Å². The molecule has 0 aliphatic carbocycles. The highest BCUT2D eigenvalue weighted by atomic mass is 35.5. The molecular formula is C17H24ClNO3. The average molecular weight is 326 g/mol. The Kier molecular flexibility index (Phi) is 9.31. The summed E-state index contributed by atoms with van der Waals surface area (Å²) in [4.78, 5) is 23.1. The van der Waals surface area contributed by atoms with Crippen LogP contribution in [0.5, 0.6) is 0 Å². The lowest BCUT2D eigenvalue weighted by Crippen LogP contribution is -2.25. The molecule has 0 aliphatic heterocycles. The summed E-state index contributed by atoms with van der Waals surface area (Å²) in [6.07, 6.45) is 7.97. The van der Waals surface area contributed by atoms with E-state index in [4.69, 9.17) is 16.3 Å². The Morgan fingerprint density at radius 3 is 2.23 bits per heavy atom. The van der Waals surface area contributed by atoms with Gasteiger partial charge in [-0.25, -0.2) is 4.79 Å². The lowest BCUT2D eigenvalue weighted by molar-refractivity contribution is -0.152. The van der Waals surface area contributed by atoms with Gasteiger partial charge in [0.2, 0.25) is 0 Å². The molecule has 0 aromatic heterocycles. The molecule has 5 heteroatoms. The fourth-order valence-electron chi connectivity index (χ4n) is 2.00. The quantitative estimate of drug-likeness (QED) is 0.411. The van der Waals surface area contributed by atoms with Crippen molar-refractivity contribution < 1.29 is 14.3 Å². The number of esters is 1. The highest BCUT2D eigenvalue weighted by Crippen LogP contribution is 2.13. The lowest BCUT2D eigenvalue weighted by Gasteiger charge is -2.06. The largest absolute Gasteiger partial charge is 0.459 e. The van der Waals surface area contributed by atoms with Crippen LogP contribution in [0.3, 0.4) is 0 Å². The molecule has 1 aromatic carbocycles. The molecule has 0 atom stereocenters. The summed E-state index contributed by atoms with van der Waals surface area (Å²) in [5.41, 5.74) is 0.516. The second-order valence-electron chi connectivity index (χ2n) is 5.22. The van der Waals surface area contributed by atoms with Gasteiger partial charge in [0.05, 0.1) is 6.61 Å². The minimum absolute atomic E-state index is 0.292. The zero-order valence-corrected chi connectivity index (χ0v) is 13.8. The molecule has 122 valence electrons. The van der Waals surface area contributed by atoms with Gasteiger partial charge in [-0.1, -0.05) is 57.0 Å². The predicted octanol–water partition coefficient (Wildman–Crippen LogP) is 4.57. The van der Waals surface area contributed by atoms with E-state index in [1.165, 1.54) is 25.7 Å². The third-order valence-corrected chi connectivity index (χ3v) is 3.52. The van der Waals surface area contributed by atoms with Gasteiger partial charge in [-0.05, 0) is 30.7 Å². The van der Waals surface area contributed by atoms with E-state index in [2.05, 4.69) is 12.2 Å². The zero-order chi connectivity index (χ0) is 16.2. The molecule has 0 heterocycles. The summed E-state index contributed by atoms with van der Waals surface area (Å²) in [5.74, 6) is -1.61. The topological polar surface area (TPSA) is 55.4 Å². The maximum absolute atomic E-state index is 11.6. The monoisotopic (exact) mass is 325 g/mol. The summed E-state index contributed by atoms with van der Waals surface area (Å²) in [6.45, 7) is 2.48. The van der Waals surface area contributed by atoms with Crippen LogP contribution in [-0.4, -0.2) is 18.5 Å². The number of hydrogen-bond donors (Lipinski definition) is 1. The number of halogens is 1. The Hall–Kier alpha value is -1.55. The standard InChI is InChI=1S/C17H24ClNO3/c1-2-3-4-5-6-7-8-13-22-17(21)16(20)19-15-11-9-14(18)10-12-15/h9-12H,2-8,13H2,1H3,(H,19,20). The number of carbonyl (C=O) groups excluding carboxylic acids is 2. The molecule has 0 saturated carbocycles. The smallest absolute Gasteiger partial charge is 0.397 e. The van der Waals surface area contributed by atoms with Gasteiger partial charge >= 0.3 is 11.9 Å². The molecule has 0 aliphatic rings. The molecule has 0 unspecified atom stereocenters. The van der Waals surface area contributed by atoms with E-state index in [1.54, 1.807) is 24.3 Å². The summed E-state index contributed by atoms with van der Waals surface area (Å²) in [7, 11) is 0. The third-order valence-electron chi connectivity index (χ3n) is 3.27. The minimum atomic E-state index is -0.846. The maximum Gasteiger partial charge on any atom is 0.397 e. The van der Waals surface area contributed by atoms with Gasteiger partial charge in [0.15, 0.2) is 0 Å². The molecule has 1 N–H and O–H groups in total. The number of anilines is 1. The van der Waals surface area contributed by atoms with Gasteiger partial charge in [0.1, 0.15) is 0 Å². The molecule has 0 fully saturated rings. The molecule has 1 amide bonds. The van der Waals surface area contributed by atoms with Crippen LogP contribution >= 0.6 is 11.6 Å². The first-order chi connectivity index (χ1) is 10.6. The Labute approximate surface area is 137 Å². The molecule has 1 aromatic rings. The molecule has 0 spiro atoms. The van der Waals surface area contributed by atoms with E-state index in [0.29, 0.717) is 17.3 Å². The fourth-order valence-corrected chi connectivity index (χ4v) is 2.13. The normalized spacial score (nSPS) is 10.3. The van der Waals surface area contributed by atoms with Crippen LogP contribution in [-0.2, 0) is 14.3 Å². The molecule has 0 radical (unpaired) electrons. The highest BCUT2D eigenvalue weighted by Gasteiger charge is 2.15. The van der Waals surface area contributed by atoms with E-state index in [0.717, 1.165) is 19.3 Å². The van der Waals surface area contributed by atoms with Gasteiger partial charge in [-0.3, -0.25) is 4.79 Å². The molecule has 1 rings (SSSR count). The van der Waals surface area contributed by atoms with Crippen molar-refractivity contribution in [1.82, 2.24) is 0 Å². The van der Waals surface area contributed by atoms with Crippen LogP contribution in [0.1, 0.15) is 51.9 Å². The fraction of sp³-hybridized carbons (Fsp3) is 0.529. The molecule has 0 bridgehead atoms. The Morgan fingerprint density at radius 1 is 1.00 bits per heavy atom. The van der Waals surface area contributed by atoms with Crippen molar-refractivity contribution in [3.8, 4) is 0 Å². The predicted molar refractivity (Wildman–Crippen MR) is 89.0 cm³/mol. The minimum Gasteiger partial charge on any atom is -0.459 e. The summed E-state index contributed by atoms with van der Waals surface area (Å²) in [5, 5.41) is 3.04. The van der Waals surface area contributed by atoms with Gasteiger partial charge in [0.25, 0.3) is 0 Å². The van der Waals surface area contributed by atoms with Crippen molar-refractivity contribution in [2.45, 2.75) is 51.9 Å². The number of rotatable bonds is 9. The third kappa shape index (κ3) is 8.03. The van der Waals surface area contributed by atoms with E-state index < -0.39 is 11.9 Å². The van der Waals surface area contributed by atoms with E-state index in [9.17, 15) is 9.59 Å². The van der Waals surface area contributed by atoms with Gasteiger partial charge < -0.3 is 10.1 Å². The SMILES string of the molecule is CCCCCCCCCOC(=O)C(=O)Nc1ccc(Cl)cc1. The molecule has 22 heavy (non-hydrogen) atoms. The summed E-state index contributed by atoms with van der Waals surface area (Å²) < 4.78 is 4.95. The Bertz CT molecular complexity index is 459. The number of carbonyl (C=O) groups is 2. The Balaban J connectivity index is 2.11. The number of amides is 1. The van der Waals surface area contributed by atoms with Crippen LogP contribution in [0, 0.1) is 0 Å². The average Bonchev–Trinajstić information content (AvgIpc) is 2.52. The summed E-state index contributed by atoms with van der Waals surface area (Å²) >= 11 is 5.74. The first-order valence-corrected chi connectivity index (χ1v) is 8.25. The van der Waals surface area contributed by atoms with E-state index in [1.807, 2.05) is 0 Å². The van der Waals surface area contributed by atoms with Crippen LogP contribution in [0.4, 0.5) is 5.69 Å². The van der Waals surface area contributed by atoms with E-state index in [-0.39, 0.29) is 0 Å². The first-order valence-electron chi connectivity index (χ1n) is 7.87. The van der Waals surface area contributed by atoms with Crippen molar-refractivity contribution in [3.63, 3.8) is 0 Å². The first kappa shape index (κ1) is 18.5. The maximum atomic E-state index is 11.6. The number of hydrogen-bond acceptors (Lipinski definition) is 3. The lowest BCUT2D eigenvalue weighted by atomic mass is 10.1. The highest BCUT2D eigenvalue weighted by molar-refractivity contribution is 6.37. The van der Waals surface area contributed by atoms with Crippen LogP contribution < -0.4 is 5.32 Å². The van der Waals surface area contributed by atoms with Crippen molar-refractivity contribution in [2.24, 2.45) is 0 Å². The van der Waals surface area contributed by atoms with Crippen molar-refractivity contribution in [3.05, 3.63) is 29.3 Å². The molecular weight excluding hydrogens is 302 g/mol. The Morgan fingerprint density at radius 2 is 1.59 bits per heavy atom. The van der Waals surface area contributed by atoms with Crippen molar-refractivity contribution in [1.29, 1.82) is 0 Å².